The summed E-state index contributed by atoms with van der Waals surface area (Å²) in [4.78, 5) is 27.2. The monoisotopic (exact) mass is 427 g/mol. The summed E-state index contributed by atoms with van der Waals surface area (Å²) in [5, 5.41) is 5.60. The molecule has 3 rings (SSSR count). The van der Waals surface area contributed by atoms with E-state index in [2.05, 4.69) is 15.6 Å². The Morgan fingerprint density at radius 3 is 2.76 bits per heavy atom. The third-order valence-corrected chi connectivity index (χ3v) is 4.54. The van der Waals surface area contributed by atoms with Crippen molar-refractivity contribution < 1.29 is 27.5 Å². The highest BCUT2D eigenvalue weighted by atomic mass is 35.5. The Labute approximate surface area is 169 Å². The molecule has 2 heterocycles. The molecule has 1 aliphatic rings. The number of aromatic nitrogens is 1. The molecule has 6 nitrogen and oxygen atoms in total. The highest BCUT2D eigenvalue weighted by Crippen LogP contribution is 2.32. The van der Waals surface area contributed by atoms with Gasteiger partial charge in [-0.15, -0.1) is 0 Å². The number of esters is 1. The summed E-state index contributed by atoms with van der Waals surface area (Å²) >= 11 is 5.87. The predicted octanol–water partition coefficient (Wildman–Crippen LogP) is 4.18. The predicted molar refractivity (Wildman–Crippen MR) is 100.0 cm³/mol. The second-order valence-electron chi connectivity index (χ2n) is 6.52. The number of halogens is 4. The van der Waals surface area contributed by atoms with E-state index in [1.807, 2.05) is 0 Å². The van der Waals surface area contributed by atoms with E-state index in [0.29, 0.717) is 17.1 Å². The molecule has 1 aliphatic heterocycles. The van der Waals surface area contributed by atoms with Gasteiger partial charge in [0.25, 0.3) is 5.91 Å². The van der Waals surface area contributed by atoms with Crippen molar-refractivity contribution >= 4 is 35.0 Å². The van der Waals surface area contributed by atoms with Crippen molar-refractivity contribution in [1.29, 1.82) is 0 Å². The Morgan fingerprint density at radius 2 is 2.07 bits per heavy atom. The van der Waals surface area contributed by atoms with E-state index < -0.39 is 23.3 Å². The molecule has 154 valence electrons. The molecule has 1 atom stereocenters. The molecular weight excluding hydrogens is 411 g/mol. The van der Waals surface area contributed by atoms with E-state index in [4.69, 9.17) is 16.3 Å². The lowest BCUT2D eigenvalue weighted by atomic mass is 10.00. The van der Waals surface area contributed by atoms with Gasteiger partial charge < -0.3 is 15.4 Å². The summed E-state index contributed by atoms with van der Waals surface area (Å²) in [6.45, 7) is 0.312. The summed E-state index contributed by atoms with van der Waals surface area (Å²) in [6.07, 6.45) is -4.17. The Bertz CT molecular complexity index is 921. The molecule has 2 N–H and O–H groups in total. The van der Waals surface area contributed by atoms with Gasteiger partial charge in [0.2, 0.25) is 0 Å². The minimum atomic E-state index is -4.83. The molecule has 0 bridgehead atoms. The average molecular weight is 428 g/mol. The van der Waals surface area contributed by atoms with Gasteiger partial charge in [0.05, 0.1) is 18.6 Å². The number of pyridine rings is 1. The van der Waals surface area contributed by atoms with Gasteiger partial charge in [0.1, 0.15) is 5.82 Å². The number of benzene rings is 1. The minimum absolute atomic E-state index is 0.0771. The Morgan fingerprint density at radius 1 is 1.28 bits per heavy atom. The first-order chi connectivity index (χ1) is 13.7. The number of carbonyl (C=O) groups excluding carboxylic acids is 2. The zero-order valence-corrected chi connectivity index (χ0v) is 15.8. The van der Waals surface area contributed by atoms with Crippen molar-refractivity contribution in [3.63, 3.8) is 0 Å². The molecule has 0 aliphatic carbocycles. The van der Waals surface area contributed by atoms with Gasteiger partial charge >= 0.3 is 12.1 Å². The lowest BCUT2D eigenvalue weighted by Crippen LogP contribution is -2.34. The van der Waals surface area contributed by atoms with Crippen LogP contribution in [0.15, 0.2) is 36.4 Å². The van der Waals surface area contributed by atoms with E-state index in [1.165, 1.54) is 12.1 Å². The number of carbonyl (C=O) groups is 2. The molecule has 1 aromatic heterocycles. The summed E-state index contributed by atoms with van der Waals surface area (Å²) in [6, 6.07) is 8.76. The van der Waals surface area contributed by atoms with Crippen LogP contribution in [-0.2, 0) is 15.7 Å². The van der Waals surface area contributed by atoms with Gasteiger partial charge in [0, 0.05) is 17.3 Å². The second-order valence-corrected chi connectivity index (χ2v) is 6.95. The molecular formula is C19H17ClF3N3O3. The van der Waals surface area contributed by atoms with E-state index in [0.717, 1.165) is 6.07 Å². The van der Waals surface area contributed by atoms with Crippen molar-refractivity contribution in [2.45, 2.75) is 19.0 Å². The molecule has 0 radical (unpaired) electrons. The third-order valence-electron chi connectivity index (χ3n) is 4.30. The van der Waals surface area contributed by atoms with E-state index in [9.17, 15) is 22.8 Å². The maximum absolute atomic E-state index is 13.5. The SMILES string of the molecule is O=C1CC(CNC(=O)c2ccc(Nc3cccc(Cl)c3)nc2C(F)(F)F)CCO1. The molecule has 1 aromatic carbocycles. The Kier molecular flexibility index (Phi) is 6.26. The van der Waals surface area contributed by atoms with Crippen LogP contribution in [0.25, 0.3) is 0 Å². The van der Waals surface area contributed by atoms with Crippen LogP contribution in [0.3, 0.4) is 0 Å². The van der Waals surface area contributed by atoms with E-state index in [1.54, 1.807) is 18.2 Å². The average Bonchev–Trinajstić information content (AvgIpc) is 2.65. The fourth-order valence-electron chi connectivity index (χ4n) is 2.88. The van der Waals surface area contributed by atoms with Gasteiger partial charge in [-0.05, 0) is 42.7 Å². The molecule has 1 fully saturated rings. The first-order valence-corrected chi connectivity index (χ1v) is 9.15. The summed E-state index contributed by atoms with van der Waals surface area (Å²) in [7, 11) is 0. The number of ether oxygens (including phenoxy) is 1. The number of nitrogens with zero attached hydrogens (tertiary/aromatic N) is 1. The summed E-state index contributed by atoms with van der Waals surface area (Å²) < 4.78 is 45.3. The molecule has 1 amide bonds. The first-order valence-electron chi connectivity index (χ1n) is 8.77. The number of rotatable bonds is 5. The fraction of sp³-hybridized carbons (Fsp3) is 0.316. The number of alkyl halides is 3. The van der Waals surface area contributed by atoms with Crippen LogP contribution in [0.4, 0.5) is 24.7 Å². The third kappa shape index (κ3) is 5.60. The molecule has 2 aromatic rings. The van der Waals surface area contributed by atoms with Crippen molar-refractivity contribution in [2.24, 2.45) is 5.92 Å². The van der Waals surface area contributed by atoms with Crippen molar-refractivity contribution in [2.75, 3.05) is 18.5 Å². The van der Waals surface area contributed by atoms with E-state index in [-0.39, 0.29) is 37.3 Å². The maximum atomic E-state index is 13.5. The Hall–Kier alpha value is -2.81. The lowest BCUT2D eigenvalue weighted by molar-refractivity contribution is -0.149. The standard InChI is InChI=1S/C19H17ClF3N3O3/c20-12-2-1-3-13(9-12)25-15-5-4-14(17(26-15)19(21,22)23)18(28)24-10-11-6-7-29-16(27)8-11/h1-5,9,11H,6-8,10H2,(H,24,28)(H,25,26). The van der Waals surface area contributed by atoms with E-state index >= 15 is 0 Å². The van der Waals surface area contributed by atoms with Gasteiger partial charge in [-0.25, -0.2) is 4.98 Å². The van der Waals surface area contributed by atoms with Gasteiger partial charge in [-0.1, -0.05) is 17.7 Å². The van der Waals surface area contributed by atoms with Gasteiger partial charge in [-0.2, -0.15) is 13.2 Å². The van der Waals surface area contributed by atoms with Crippen LogP contribution in [0, 0.1) is 5.92 Å². The van der Waals surface area contributed by atoms with Crippen LogP contribution in [0.1, 0.15) is 28.9 Å². The molecule has 1 unspecified atom stereocenters. The van der Waals surface area contributed by atoms with Gasteiger partial charge in [0.15, 0.2) is 5.69 Å². The normalized spacial score (nSPS) is 16.8. The number of amides is 1. The molecule has 1 saturated heterocycles. The topological polar surface area (TPSA) is 80.3 Å². The maximum Gasteiger partial charge on any atom is 0.434 e. The first kappa shape index (κ1) is 20.9. The molecule has 0 spiro atoms. The summed E-state index contributed by atoms with van der Waals surface area (Å²) in [5.74, 6) is -1.54. The van der Waals surface area contributed by atoms with Crippen molar-refractivity contribution in [3.8, 4) is 0 Å². The highest BCUT2D eigenvalue weighted by molar-refractivity contribution is 6.30. The molecule has 0 saturated carbocycles. The smallest absolute Gasteiger partial charge is 0.434 e. The van der Waals surface area contributed by atoms with Crippen molar-refractivity contribution in [3.05, 3.63) is 52.7 Å². The van der Waals surface area contributed by atoms with Crippen LogP contribution < -0.4 is 10.6 Å². The second kappa shape index (κ2) is 8.69. The highest BCUT2D eigenvalue weighted by Gasteiger charge is 2.37. The molecule has 10 heteroatoms. The zero-order valence-electron chi connectivity index (χ0n) is 15.1. The van der Waals surface area contributed by atoms with Crippen LogP contribution in [-0.4, -0.2) is 30.0 Å². The minimum Gasteiger partial charge on any atom is -0.466 e. The molecule has 29 heavy (non-hydrogen) atoms. The fourth-order valence-corrected chi connectivity index (χ4v) is 3.08. The number of nitrogens with one attached hydrogen (secondary N) is 2. The number of cyclic esters (lactones) is 1. The van der Waals surface area contributed by atoms with Crippen LogP contribution in [0.5, 0.6) is 0 Å². The van der Waals surface area contributed by atoms with Gasteiger partial charge in [-0.3, -0.25) is 9.59 Å². The Balaban J connectivity index is 1.76. The van der Waals surface area contributed by atoms with Crippen LogP contribution in [0.2, 0.25) is 5.02 Å². The quantitative estimate of drug-likeness (QED) is 0.700. The summed E-state index contributed by atoms with van der Waals surface area (Å²) in [5.41, 5.74) is -1.43. The van der Waals surface area contributed by atoms with Crippen molar-refractivity contribution in [1.82, 2.24) is 10.3 Å². The largest absolute Gasteiger partial charge is 0.466 e. The number of anilines is 2. The number of hydrogen-bond acceptors (Lipinski definition) is 5. The van der Waals surface area contributed by atoms with Crippen LogP contribution >= 0.6 is 11.6 Å². The zero-order chi connectivity index (χ0) is 21.0. The lowest BCUT2D eigenvalue weighted by Gasteiger charge is -2.21. The number of hydrogen-bond donors (Lipinski definition) is 2.